The quantitative estimate of drug-likeness (QED) is 0.114. The Labute approximate surface area is 768 Å². The Morgan fingerprint density at radius 1 is 0.176 bits per heavy atom. The van der Waals surface area contributed by atoms with Crippen molar-refractivity contribution in [1.82, 2.24) is 44.9 Å². The predicted molar refractivity (Wildman–Crippen MR) is 534 cm³/mol. The van der Waals surface area contributed by atoms with E-state index >= 15 is 0 Å². The minimum absolute atomic E-state index is 0.587. The lowest BCUT2D eigenvalue weighted by Crippen LogP contribution is -2.14. The summed E-state index contributed by atoms with van der Waals surface area (Å²) in [5.41, 5.74) is 25.7. The first-order chi connectivity index (χ1) is 64.6. The van der Waals surface area contributed by atoms with Crippen LogP contribution in [0.1, 0.15) is 16.7 Å². The maximum atomic E-state index is 6.14. The molecule has 22 aromatic rings. The van der Waals surface area contributed by atoms with Gasteiger partial charge in [-0.25, -0.2) is 44.9 Å². The second-order valence-electron chi connectivity index (χ2n) is 32.3. The number of para-hydroxylation sites is 8. The first-order valence-electron chi connectivity index (χ1n) is 43.3. The topological polar surface area (TPSA) is 152 Å². The molecule has 0 N–H and O–H groups in total. The van der Waals surface area contributed by atoms with Crippen molar-refractivity contribution in [2.24, 2.45) is 0 Å². The Balaban J connectivity index is 0.000000113. The molecule has 14 nitrogen and oxygen atoms in total. The van der Waals surface area contributed by atoms with E-state index in [4.69, 9.17) is 53.7 Å². The van der Waals surface area contributed by atoms with Crippen LogP contribution in [0, 0.1) is 20.8 Å². The minimum atomic E-state index is 0.587. The predicted octanol–water partition coefficient (Wildman–Crippen LogP) is 31.1. The summed E-state index contributed by atoms with van der Waals surface area (Å²) in [6.45, 7) is 6.25. The number of nitrogens with zero attached hydrogens (tertiary/aromatic N) is 12. The third-order valence-corrected chi connectivity index (χ3v) is 27.0. The van der Waals surface area contributed by atoms with Gasteiger partial charge in [-0.05, 0) is 215 Å². The molecule has 0 amide bonds. The molecular formula is C114H76N12O2S3. The number of rotatable bonds is 12. The van der Waals surface area contributed by atoms with E-state index in [0.717, 1.165) is 122 Å². The highest BCUT2D eigenvalue weighted by Gasteiger charge is 2.30. The molecule has 0 saturated carbocycles. The minimum Gasteiger partial charge on any atom is -0.456 e. The molecule has 5 aromatic heterocycles. The molecule has 17 aromatic carbocycles. The summed E-state index contributed by atoms with van der Waals surface area (Å²) in [5, 5.41) is 4.15. The zero-order valence-corrected chi connectivity index (χ0v) is 73.5. The Bertz CT molecular complexity index is 7790. The highest BCUT2D eigenvalue weighted by atomic mass is 32.2. The second-order valence-corrected chi connectivity index (χ2v) is 35.5. The van der Waals surface area contributed by atoms with E-state index in [0.29, 0.717) is 52.4 Å². The highest BCUT2D eigenvalue weighted by Crippen LogP contribution is 2.55. The summed E-state index contributed by atoms with van der Waals surface area (Å²) in [7, 11) is 0. The van der Waals surface area contributed by atoms with Gasteiger partial charge >= 0.3 is 0 Å². The standard InChI is InChI=1S/C45H26N4O2S.C35H26N4S.C34H24N4S/c1-5-13-37-31(9-1)33-25-28(19-23-39(33)50-37)44-46-43(47-45(48-44)29-20-24-40-34(26-29)32-10-2-6-14-38(32)51-40)27-17-21-30(22-18-27)49-35-11-3-7-15-41(35)52-42-16-8-4-12-36(42)49;1-23-11-15-25(16-12-23)33-36-34(26-17-13-24(2)14-18-26)38-35(37-33)27-19-21-28(22-20-27)39-29-7-3-5-9-31(29)40-32-10-6-4-8-30(32)39;1-23-15-17-25(18-16-23)33-35-32(24-9-3-2-4-10-24)36-34(37-33)26-19-21-27(22-20-26)38-28-11-5-7-13-30(28)39-31-14-8-6-12-29(31)38/h1-26H;3-22H,1-2H3;2-22H,1H3. The third kappa shape index (κ3) is 15.6. The number of aryl methyl sites for hydroxylation is 3. The SMILES string of the molecule is Cc1ccc(-c2nc(-c3ccc(C)cc3)nc(-c3ccc(N4c5ccccc5Sc5ccccc54)cc3)n2)cc1.Cc1ccc(-c2nc(-c3ccccc3)nc(-c3ccc(N4c5ccccc5Sc5ccccc54)cc3)n2)cc1.c1ccc2c(c1)Sc1ccccc1N2c1ccc(-c2nc(-c3ccc4oc5ccccc5c4c3)nc(-c3ccc4oc5ccccc5c4c3)n2)cc1. The van der Waals surface area contributed by atoms with Crippen molar-refractivity contribution in [3.8, 4) is 102 Å². The van der Waals surface area contributed by atoms with Crippen LogP contribution in [-0.2, 0) is 0 Å². The molecule has 0 bridgehead atoms. The molecule has 0 atom stereocenters. The van der Waals surface area contributed by atoms with Crippen molar-refractivity contribution in [2.45, 2.75) is 50.1 Å². The van der Waals surface area contributed by atoms with Crippen LogP contribution >= 0.6 is 35.3 Å². The van der Waals surface area contributed by atoms with Crippen molar-refractivity contribution in [3.05, 3.63) is 423 Å². The van der Waals surface area contributed by atoms with Gasteiger partial charge in [-0.15, -0.1) is 0 Å². The number of hydrogen-bond acceptors (Lipinski definition) is 17. The number of benzene rings is 17. The monoisotopic (exact) mass is 1740 g/mol. The number of anilines is 9. The largest absolute Gasteiger partial charge is 0.456 e. The summed E-state index contributed by atoms with van der Waals surface area (Å²) in [6, 6.07) is 140. The van der Waals surface area contributed by atoms with E-state index in [1.165, 1.54) is 68.8 Å². The van der Waals surface area contributed by atoms with E-state index in [2.05, 4.69) is 351 Å². The molecule has 0 unspecified atom stereocenters. The number of hydrogen-bond donors (Lipinski definition) is 0. The first-order valence-corrected chi connectivity index (χ1v) is 45.7. The maximum absolute atomic E-state index is 6.14. The van der Waals surface area contributed by atoms with E-state index in [1.54, 1.807) is 11.8 Å². The summed E-state index contributed by atoms with van der Waals surface area (Å²) >= 11 is 5.43. The molecule has 3 aliphatic heterocycles. The Hall–Kier alpha value is -16.2. The second kappa shape index (κ2) is 34.2. The van der Waals surface area contributed by atoms with Gasteiger partial charge in [0.05, 0.1) is 34.1 Å². The molecule has 622 valence electrons. The summed E-state index contributed by atoms with van der Waals surface area (Å²) in [4.78, 5) is 59.0. The van der Waals surface area contributed by atoms with Gasteiger partial charge in [-0.3, -0.25) is 0 Å². The molecule has 0 radical (unpaired) electrons. The van der Waals surface area contributed by atoms with Crippen molar-refractivity contribution in [2.75, 3.05) is 14.7 Å². The molecule has 0 fully saturated rings. The van der Waals surface area contributed by atoms with Crippen LogP contribution in [0.3, 0.4) is 0 Å². The van der Waals surface area contributed by atoms with Crippen LogP contribution in [0.15, 0.2) is 445 Å². The summed E-state index contributed by atoms with van der Waals surface area (Å²) < 4.78 is 12.3. The molecule has 17 heteroatoms. The Kier molecular flexibility index (Phi) is 20.7. The van der Waals surface area contributed by atoms with Gasteiger partial charge in [0.15, 0.2) is 52.4 Å². The Morgan fingerprint density at radius 2 is 0.374 bits per heavy atom. The van der Waals surface area contributed by atoms with E-state index < -0.39 is 0 Å². The van der Waals surface area contributed by atoms with Crippen LogP contribution in [0.25, 0.3) is 146 Å². The number of aromatic nitrogens is 9. The van der Waals surface area contributed by atoms with Gasteiger partial charge in [-0.1, -0.05) is 264 Å². The molecule has 25 rings (SSSR count). The molecule has 131 heavy (non-hydrogen) atoms. The van der Waals surface area contributed by atoms with Crippen LogP contribution in [0.5, 0.6) is 0 Å². The molecule has 0 saturated heterocycles. The van der Waals surface area contributed by atoms with E-state index in [9.17, 15) is 0 Å². The molecule has 0 spiro atoms. The van der Waals surface area contributed by atoms with Crippen molar-refractivity contribution in [1.29, 1.82) is 0 Å². The van der Waals surface area contributed by atoms with Gasteiger partial charge < -0.3 is 23.5 Å². The zero-order valence-electron chi connectivity index (χ0n) is 71.1. The van der Waals surface area contributed by atoms with Crippen LogP contribution in [0.2, 0.25) is 0 Å². The highest BCUT2D eigenvalue weighted by molar-refractivity contribution is 8.00. The first kappa shape index (κ1) is 79.5. The maximum Gasteiger partial charge on any atom is 0.164 e. The smallest absolute Gasteiger partial charge is 0.164 e. The van der Waals surface area contributed by atoms with Crippen LogP contribution in [-0.4, -0.2) is 44.9 Å². The summed E-state index contributed by atoms with van der Waals surface area (Å²) in [6.07, 6.45) is 0. The van der Waals surface area contributed by atoms with Gasteiger partial charge in [0.25, 0.3) is 0 Å². The third-order valence-electron chi connectivity index (χ3n) is 23.6. The average Bonchev–Trinajstić information content (AvgIpc) is 1.69. The number of fused-ring (bicyclic) bond motifs is 12. The number of furan rings is 2. The summed E-state index contributed by atoms with van der Waals surface area (Å²) in [5.74, 6) is 5.74. The van der Waals surface area contributed by atoms with Gasteiger partial charge in [-0.2, -0.15) is 0 Å². The normalized spacial score (nSPS) is 12.3. The Morgan fingerprint density at radius 3 is 0.641 bits per heavy atom. The van der Waals surface area contributed by atoms with Crippen LogP contribution in [0.4, 0.5) is 51.2 Å². The van der Waals surface area contributed by atoms with E-state index in [1.807, 2.05) is 115 Å². The lowest BCUT2D eigenvalue weighted by Gasteiger charge is -2.32. The molecule has 3 aliphatic rings. The fourth-order valence-corrected chi connectivity index (χ4v) is 20.1. The molecule has 8 heterocycles. The van der Waals surface area contributed by atoms with Crippen LogP contribution < -0.4 is 14.7 Å². The average molecular weight is 1740 g/mol. The fraction of sp³-hybridized carbons (Fsp3) is 0.0263. The van der Waals surface area contributed by atoms with Crippen molar-refractivity contribution < 1.29 is 8.83 Å². The zero-order chi connectivity index (χ0) is 87.4. The van der Waals surface area contributed by atoms with Gasteiger partial charge in [0, 0.05) is 118 Å². The molecular weight excluding hydrogens is 1670 g/mol. The lowest BCUT2D eigenvalue weighted by atomic mass is 10.1. The van der Waals surface area contributed by atoms with Crippen molar-refractivity contribution in [3.63, 3.8) is 0 Å². The lowest BCUT2D eigenvalue weighted by molar-refractivity contribution is 0.668. The fourth-order valence-electron chi connectivity index (χ4n) is 16.9. The molecule has 0 aliphatic carbocycles. The van der Waals surface area contributed by atoms with Gasteiger partial charge in [0.1, 0.15) is 22.3 Å². The van der Waals surface area contributed by atoms with Crippen molar-refractivity contribution >= 4 is 130 Å². The van der Waals surface area contributed by atoms with Gasteiger partial charge in [0.2, 0.25) is 0 Å². The van der Waals surface area contributed by atoms with E-state index in [-0.39, 0.29) is 0 Å².